The van der Waals surface area contributed by atoms with Gasteiger partial charge in [0, 0.05) is 6.20 Å². The molecular weight excluding hydrogens is 246 g/mol. The van der Waals surface area contributed by atoms with Crippen molar-refractivity contribution in [3.05, 3.63) is 35.4 Å². The highest BCUT2D eigenvalue weighted by atomic mass is 16.4. The van der Waals surface area contributed by atoms with Crippen LogP contribution in [0.4, 0.5) is 0 Å². The van der Waals surface area contributed by atoms with E-state index in [1.165, 1.54) is 6.20 Å². The highest BCUT2D eigenvalue weighted by Crippen LogP contribution is 2.05. The third kappa shape index (κ3) is 4.17. The molecule has 0 aliphatic heterocycles. The van der Waals surface area contributed by atoms with Gasteiger partial charge in [-0.25, -0.2) is 14.8 Å². The normalized spacial score (nSPS) is 12.4. The molecule has 0 aliphatic carbocycles. The zero-order chi connectivity index (χ0) is 14.4. The summed E-state index contributed by atoms with van der Waals surface area (Å²) >= 11 is 0. The van der Waals surface area contributed by atoms with Crippen LogP contribution in [0, 0.1) is 13.8 Å². The first-order chi connectivity index (χ1) is 8.95. The third-order valence-corrected chi connectivity index (χ3v) is 2.56. The average Bonchev–Trinajstić information content (AvgIpc) is 2.33. The summed E-state index contributed by atoms with van der Waals surface area (Å²) in [5.74, 6) is -0.982. The Morgan fingerprint density at radius 1 is 1.47 bits per heavy atom. The van der Waals surface area contributed by atoms with E-state index in [1.54, 1.807) is 32.9 Å². The molecule has 1 aromatic rings. The van der Waals surface area contributed by atoms with Crippen molar-refractivity contribution in [2.45, 2.75) is 33.2 Å². The largest absolute Gasteiger partial charge is 0.480 e. The molecular formula is C13H17N3O3. The lowest BCUT2D eigenvalue weighted by Crippen LogP contribution is -2.40. The molecule has 0 fully saturated rings. The van der Waals surface area contributed by atoms with Crippen LogP contribution in [-0.2, 0) is 4.79 Å². The number of aliphatic carboxylic acids is 1. The van der Waals surface area contributed by atoms with Gasteiger partial charge >= 0.3 is 5.97 Å². The number of hydrogen-bond acceptors (Lipinski definition) is 4. The Morgan fingerprint density at radius 2 is 2.16 bits per heavy atom. The van der Waals surface area contributed by atoms with Crippen molar-refractivity contribution in [3.8, 4) is 0 Å². The van der Waals surface area contributed by atoms with E-state index in [2.05, 4.69) is 15.3 Å². The molecule has 0 spiro atoms. The summed E-state index contributed by atoms with van der Waals surface area (Å²) in [7, 11) is 0. The first kappa shape index (κ1) is 14.8. The molecule has 0 saturated heterocycles. The Hall–Kier alpha value is -2.24. The van der Waals surface area contributed by atoms with Gasteiger partial charge in [0.05, 0.1) is 11.3 Å². The minimum absolute atomic E-state index is 0.239. The molecule has 1 aromatic heterocycles. The Kier molecular flexibility index (Phi) is 5.17. The van der Waals surface area contributed by atoms with Gasteiger partial charge in [-0.1, -0.05) is 12.2 Å². The molecule has 0 aliphatic rings. The lowest BCUT2D eigenvalue weighted by atomic mass is 10.1. The number of carboxylic acids is 1. The maximum absolute atomic E-state index is 12.0. The van der Waals surface area contributed by atoms with Gasteiger partial charge in [0.2, 0.25) is 0 Å². The minimum atomic E-state index is -1.07. The van der Waals surface area contributed by atoms with E-state index in [4.69, 9.17) is 5.11 Å². The highest BCUT2D eigenvalue weighted by molar-refractivity contribution is 5.97. The van der Waals surface area contributed by atoms with Crippen LogP contribution < -0.4 is 5.32 Å². The molecule has 2 N–H and O–H groups in total. The van der Waals surface area contributed by atoms with Crippen molar-refractivity contribution in [2.75, 3.05) is 0 Å². The SMILES string of the molecule is C/C=C/CC(NC(=O)c1cnc(C)nc1C)C(=O)O. The number of aromatic nitrogens is 2. The lowest BCUT2D eigenvalue weighted by Gasteiger charge is -2.13. The average molecular weight is 263 g/mol. The Labute approximate surface area is 111 Å². The number of aryl methyl sites for hydroxylation is 2. The molecule has 1 heterocycles. The van der Waals surface area contributed by atoms with Crippen LogP contribution >= 0.6 is 0 Å². The molecule has 1 amide bonds. The number of amides is 1. The molecule has 0 radical (unpaired) electrons. The second-order valence-electron chi connectivity index (χ2n) is 4.09. The van der Waals surface area contributed by atoms with E-state index in [0.717, 1.165) is 0 Å². The van der Waals surface area contributed by atoms with Gasteiger partial charge in [-0.3, -0.25) is 4.79 Å². The molecule has 0 saturated carbocycles. The van der Waals surface area contributed by atoms with Crippen molar-refractivity contribution in [1.29, 1.82) is 0 Å². The van der Waals surface area contributed by atoms with Crippen LogP contribution in [0.3, 0.4) is 0 Å². The minimum Gasteiger partial charge on any atom is -0.480 e. The first-order valence-electron chi connectivity index (χ1n) is 5.90. The molecule has 1 atom stereocenters. The van der Waals surface area contributed by atoms with Crippen LogP contribution in [0.25, 0.3) is 0 Å². The number of carbonyl (C=O) groups excluding carboxylic acids is 1. The van der Waals surface area contributed by atoms with Crippen molar-refractivity contribution in [3.63, 3.8) is 0 Å². The Bertz CT molecular complexity index is 512. The maximum atomic E-state index is 12.0. The van der Waals surface area contributed by atoms with Crippen LogP contribution in [0.5, 0.6) is 0 Å². The lowest BCUT2D eigenvalue weighted by molar-refractivity contribution is -0.139. The fraction of sp³-hybridized carbons (Fsp3) is 0.385. The summed E-state index contributed by atoms with van der Waals surface area (Å²) in [6.45, 7) is 5.20. The van der Waals surface area contributed by atoms with E-state index >= 15 is 0 Å². The summed E-state index contributed by atoms with van der Waals surface area (Å²) in [6, 6.07) is -0.954. The number of hydrogen-bond donors (Lipinski definition) is 2. The number of carbonyl (C=O) groups is 2. The van der Waals surface area contributed by atoms with Crippen molar-refractivity contribution in [2.24, 2.45) is 0 Å². The summed E-state index contributed by atoms with van der Waals surface area (Å²) in [6.07, 6.45) is 5.07. The zero-order valence-corrected chi connectivity index (χ0v) is 11.2. The summed E-state index contributed by atoms with van der Waals surface area (Å²) < 4.78 is 0. The van der Waals surface area contributed by atoms with Gasteiger partial charge in [-0.2, -0.15) is 0 Å². The molecule has 19 heavy (non-hydrogen) atoms. The number of allylic oxidation sites excluding steroid dienone is 1. The van der Waals surface area contributed by atoms with Crippen molar-refractivity contribution >= 4 is 11.9 Å². The maximum Gasteiger partial charge on any atom is 0.326 e. The Morgan fingerprint density at radius 3 is 2.68 bits per heavy atom. The second-order valence-corrected chi connectivity index (χ2v) is 4.09. The van der Waals surface area contributed by atoms with Crippen LogP contribution in [0.2, 0.25) is 0 Å². The summed E-state index contributed by atoms with van der Waals surface area (Å²) in [5.41, 5.74) is 0.817. The van der Waals surface area contributed by atoms with Crippen molar-refractivity contribution in [1.82, 2.24) is 15.3 Å². The quantitative estimate of drug-likeness (QED) is 0.780. The van der Waals surface area contributed by atoms with Gasteiger partial charge in [0.15, 0.2) is 0 Å². The predicted octanol–water partition coefficient (Wildman–Crippen LogP) is 1.24. The molecule has 1 unspecified atom stereocenters. The highest BCUT2D eigenvalue weighted by Gasteiger charge is 2.20. The van der Waals surface area contributed by atoms with Crippen LogP contribution in [0.15, 0.2) is 18.3 Å². The monoisotopic (exact) mass is 263 g/mol. The van der Waals surface area contributed by atoms with Crippen LogP contribution in [-0.4, -0.2) is 33.0 Å². The van der Waals surface area contributed by atoms with Crippen molar-refractivity contribution < 1.29 is 14.7 Å². The van der Waals surface area contributed by atoms with Gasteiger partial charge < -0.3 is 10.4 Å². The van der Waals surface area contributed by atoms with Crippen LogP contribution in [0.1, 0.15) is 35.2 Å². The Balaban J connectivity index is 2.84. The van der Waals surface area contributed by atoms with E-state index in [0.29, 0.717) is 11.5 Å². The number of rotatable bonds is 5. The topological polar surface area (TPSA) is 92.2 Å². The predicted molar refractivity (Wildman–Crippen MR) is 69.8 cm³/mol. The van der Waals surface area contributed by atoms with Gasteiger partial charge in [-0.05, 0) is 27.2 Å². The van der Waals surface area contributed by atoms with Gasteiger partial charge in [0.1, 0.15) is 11.9 Å². The van der Waals surface area contributed by atoms with Gasteiger partial charge in [-0.15, -0.1) is 0 Å². The summed E-state index contributed by atoms with van der Waals surface area (Å²) in [5, 5.41) is 11.5. The molecule has 6 heteroatoms. The summed E-state index contributed by atoms with van der Waals surface area (Å²) in [4.78, 5) is 31.0. The van der Waals surface area contributed by atoms with Gasteiger partial charge in [0.25, 0.3) is 5.91 Å². The van der Waals surface area contributed by atoms with E-state index < -0.39 is 17.9 Å². The first-order valence-corrected chi connectivity index (χ1v) is 5.90. The smallest absolute Gasteiger partial charge is 0.326 e. The second kappa shape index (κ2) is 6.63. The molecule has 1 rings (SSSR count). The molecule has 102 valence electrons. The fourth-order valence-electron chi connectivity index (χ4n) is 1.54. The standard InChI is InChI=1S/C13H17N3O3/c1-4-5-6-11(13(18)19)16-12(17)10-7-14-9(3)15-8(10)2/h4-5,7,11H,6H2,1-3H3,(H,16,17)(H,18,19)/b5-4+. The molecule has 6 nitrogen and oxygen atoms in total. The number of nitrogens with zero attached hydrogens (tertiary/aromatic N) is 2. The van der Waals surface area contributed by atoms with E-state index in [-0.39, 0.29) is 12.0 Å². The number of nitrogens with one attached hydrogen (secondary N) is 1. The number of carboxylic acid groups (broad SMARTS) is 1. The molecule has 0 bridgehead atoms. The van der Waals surface area contributed by atoms with E-state index in [9.17, 15) is 9.59 Å². The third-order valence-electron chi connectivity index (χ3n) is 2.56. The molecule has 0 aromatic carbocycles. The van der Waals surface area contributed by atoms with E-state index in [1.807, 2.05) is 0 Å². The fourth-order valence-corrected chi connectivity index (χ4v) is 1.54. The zero-order valence-electron chi connectivity index (χ0n) is 11.2.